The van der Waals surface area contributed by atoms with Crippen LogP contribution in [0.1, 0.15) is 32.6 Å². The van der Waals surface area contributed by atoms with Gasteiger partial charge in [0, 0.05) is 11.4 Å². The van der Waals surface area contributed by atoms with Gasteiger partial charge in [0.05, 0.1) is 0 Å². The average Bonchev–Trinajstić information content (AvgIpc) is 2.32. The van der Waals surface area contributed by atoms with Gasteiger partial charge < -0.3 is 10.5 Å². The lowest BCUT2D eigenvalue weighted by Gasteiger charge is -2.25. The fourth-order valence-corrected chi connectivity index (χ4v) is 2.26. The number of carbonyl (C=O) groups is 1. The minimum absolute atomic E-state index is 0.0576. The minimum Gasteiger partial charge on any atom is -0.446 e. The number of nitrogens with one attached hydrogen (secondary N) is 1. The lowest BCUT2D eigenvalue weighted by Crippen LogP contribution is -2.26. The minimum atomic E-state index is -0.389. The highest BCUT2D eigenvalue weighted by Crippen LogP contribution is 2.25. The van der Waals surface area contributed by atoms with Crippen molar-refractivity contribution < 1.29 is 9.53 Å². The molecule has 1 aliphatic carbocycles. The molecule has 0 atom stereocenters. The highest BCUT2D eigenvalue weighted by molar-refractivity contribution is 5.85. The average molecular weight is 248 g/mol. The van der Waals surface area contributed by atoms with Crippen LogP contribution in [-0.2, 0) is 4.74 Å². The van der Waals surface area contributed by atoms with Crippen LogP contribution in [0.5, 0.6) is 0 Å². The highest BCUT2D eigenvalue weighted by atomic mass is 16.6. The summed E-state index contributed by atoms with van der Waals surface area (Å²) < 4.78 is 5.39. The van der Waals surface area contributed by atoms with E-state index < -0.39 is 0 Å². The van der Waals surface area contributed by atoms with Crippen LogP contribution in [0.25, 0.3) is 0 Å². The second kappa shape index (κ2) is 5.76. The third-order valence-electron chi connectivity index (χ3n) is 3.37. The Bertz CT molecular complexity index is 412. The summed E-state index contributed by atoms with van der Waals surface area (Å²) >= 11 is 0. The molecule has 1 saturated carbocycles. The fraction of sp³-hybridized carbons (Fsp3) is 0.500. The van der Waals surface area contributed by atoms with E-state index in [1.54, 1.807) is 24.3 Å². The molecule has 0 saturated heterocycles. The summed E-state index contributed by atoms with van der Waals surface area (Å²) in [6.45, 7) is 2.24. The lowest BCUT2D eigenvalue weighted by atomic mass is 9.89. The van der Waals surface area contributed by atoms with Crippen molar-refractivity contribution in [3.8, 4) is 0 Å². The molecule has 1 aromatic rings. The van der Waals surface area contributed by atoms with Gasteiger partial charge in [-0.25, -0.2) is 4.79 Å². The Morgan fingerprint density at radius 1 is 1.33 bits per heavy atom. The van der Waals surface area contributed by atoms with E-state index in [4.69, 9.17) is 10.5 Å². The largest absolute Gasteiger partial charge is 0.446 e. The van der Waals surface area contributed by atoms with Gasteiger partial charge in [-0.3, -0.25) is 5.32 Å². The van der Waals surface area contributed by atoms with Crippen molar-refractivity contribution in [3.63, 3.8) is 0 Å². The normalized spacial score (nSPS) is 23.4. The highest BCUT2D eigenvalue weighted by Gasteiger charge is 2.21. The molecular formula is C14H20N2O2. The molecule has 0 radical (unpaired) electrons. The van der Waals surface area contributed by atoms with Crippen LogP contribution in [0.4, 0.5) is 16.2 Å². The molecule has 1 amide bonds. The van der Waals surface area contributed by atoms with Crippen LogP contribution in [-0.4, -0.2) is 12.2 Å². The van der Waals surface area contributed by atoms with Crippen molar-refractivity contribution >= 4 is 17.5 Å². The number of rotatable bonds is 2. The van der Waals surface area contributed by atoms with Crippen LogP contribution >= 0.6 is 0 Å². The van der Waals surface area contributed by atoms with Crippen LogP contribution < -0.4 is 11.1 Å². The van der Waals surface area contributed by atoms with E-state index in [0.717, 1.165) is 31.6 Å². The zero-order valence-corrected chi connectivity index (χ0v) is 10.7. The molecule has 0 unspecified atom stereocenters. The number of amides is 1. The standard InChI is InChI=1S/C14H20N2O2/c1-10-5-7-13(8-6-10)18-14(17)16-12-4-2-3-11(15)9-12/h2-4,9-10,13H,5-8,15H2,1H3,(H,16,17). The lowest BCUT2D eigenvalue weighted by molar-refractivity contribution is 0.0765. The summed E-state index contributed by atoms with van der Waals surface area (Å²) in [5, 5.41) is 2.70. The summed E-state index contributed by atoms with van der Waals surface area (Å²) in [6.07, 6.45) is 3.87. The molecule has 18 heavy (non-hydrogen) atoms. The van der Waals surface area contributed by atoms with Gasteiger partial charge in [0.15, 0.2) is 0 Å². The fourth-order valence-electron chi connectivity index (χ4n) is 2.26. The summed E-state index contributed by atoms with van der Waals surface area (Å²) in [7, 11) is 0. The van der Waals surface area contributed by atoms with Crippen molar-refractivity contribution in [2.45, 2.75) is 38.7 Å². The van der Waals surface area contributed by atoms with Crippen LogP contribution in [0.15, 0.2) is 24.3 Å². The molecule has 4 nitrogen and oxygen atoms in total. The molecule has 3 N–H and O–H groups in total. The van der Waals surface area contributed by atoms with Crippen molar-refractivity contribution in [2.24, 2.45) is 5.92 Å². The number of benzene rings is 1. The van der Waals surface area contributed by atoms with Crippen LogP contribution in [0.3, 0.4) is 0 Å². The molecule has 0 spiro atoms. The Morgan fingerprint density at radius 2 is 2.06 bits per heavy atom. The predicted molar refractivity (Wildman–Crippen MR) is 72.4 cm³/mol. The Morgan fingerprint density at radius 3 is 2.72 bits per heavy atom. The summed E-state index contributed by atoms with van der Waals surface area (Å²) in [4.78, 5) is 11.7. The smallest absolute Gasteiger partial charge is 0.411 e. The molecule has 0 aliphatic heterocycles. The second-order valence-corrected chi connectivity index (χ2v) is 5.04. The topological polar surface area (TPSA) is 64.3 Å². The van der Waals surface area contributed by atoms with E-state index in [9.17, 15) is 4.79 Å². The van der Waals surface area contributed by atoms with E-state index in [1.807, 2.05) is 0 Å². The number of anilines is 2. The van der Waals surface area contributed by atoms with Gasteiger partial charge in [0.1, 0.15) is 6.10 Å². The molecule has 0 aromatic heterocycles. The first-order valence-corrected chi connectivity index (χ1v) is 6.46. The maximum atomic E-state index is 11.7. The van der Waals surface area contributed by atoms with Gasteiger partial charge in [-0.05, 0) is 49.8 Å². The number of carbonyl (C=O) groups excluding carboxylic acids is 1. The first-order chi connectivity index (χ1) is 8.63. The van der Waals surface area contributed by atoms with Crippen molar-refractivity contribution in [3.05, 3.63) is 24.3 Å². The van der Waals surface area contributed by atoms with E-state index in [-0.39, 0.29) is 12.2 Å². The maximum Gasteiger partial charge on any atom is 0.411 e. The van der Waals surface area contributed by atoms with E-state index in [1.165, 1.54) is 0 Å². The summed E-state index contributed by atoms with van der Waals surface area (Å²) in [6, 6.07) is 7.08. The van der Waals surface area contributed by atoms with Gasteiger partial charge in [0.25, 0.3) is 0 Å². The first-order valence-electron chi connectivity index (χ1n) is 6.46. The number of nitrogen functional groups attached to an aromatic ring is 1. The molecule has 1 aliphatic rings. The Hall–Kier alpha value is -1.71. The Balaban J connectivity index is 1.82. The SMILES string of the molecule is CC1CCC(OC(=O)Nc2cccc(N)c2)CC1. The molecule has 2 rings (SSSR count). The molecular weight excluding hydrogens is 228 g/mol. The van der Waals surface area contributed by atoms with E-state index >= 15 is 0 Å². The van der Waals surface area contributed by atoms with Gasteiger partial charge >= 0.3 is 6.09 Å². The zero-order valence-electron chi connectivity index (χ0n) is 10.7. The number of ether oxygens (including phenoxy) is 1. The zero-order chi connectivity index (χ0) is 13.0. The Labute approximate surface area is 108 Å². The molecule has 4 heteroatoms. The van der Waals surface area contributed by atoms with Crippen molar-refractivity contribution in [2.75, 3.05) is 11.1 Å². The summed E-state index contributed by atoms with van der Waals surface area (Å²) in [5.74, 6) is 0.752. The van der Waals surface area contributed by atoms with Crippen molar-refractivity contribution in [1.29, 1.82) is 0 Å². The number of hydrogen-bond acceptors (Lipinski definition) is 3. The second-order valence-electron chi connectivity index (χ2n) is 5.04. The maximum absolute atomic E-state index is 11.7. The third-order valence-corrected chi connectivity index (χ3v) is 3.37. The molecule has 98 valence electrons. The quantitative estimate of drug-likeness (QED) is 0.788. The molecule has 0 heterocycles. The summed E-state index contributed by atoms with van der Waals surface area (Å²) in [5.41, 5.74) is 6.94. The third kappa shape index (κ3) is 3.65. The molecule has 0 bridgehead atoms. The van der Waals surface area contributed by atoms with Gasteiger partial charge in [-0.2, -0.15) is 0 Å². The van der Waals surface area contributed by atoms with Crippen LogP contribution in [0, 0.1) is 5.92 Å². The number of hydrogen-bond donors (Lipinski definition) is 2. The molecule has 1 fully saturated rings. The first kappa shape index (κ1) is 12.7. The monoisotopic (exact) mass is 248 g/mol. The van der Waals surface area contributed by atoms with E-state index in [2.05, 4.69) is 12.2 Å². The van der Waals surface area contributed by atoms with Crippen molar-refractivity contribution in [1.82, 2.24) is 0 Å². The van der Waals surface area contributed by atoms with E-state index in [0.29, 0.717) is 11.4 Å². The van der Waals surface area contributed by atoms with Crippen LogP contribution in [0.2, 0.25) is 0 Å². The van der Waals surface area contributed by atoms with Gasteiger partial charge in [0.2, 0.25) is 0 Å². The van der Waals surface area contributed by atoms with Gasteiger partial charge in [-0.1, -0.05) is 13.0 Å². The Kier molecular flexibility index (Phi) is 4.07. The predicted octanol–water partition coefficient (Wildman–Crippen LogP) is 3.40. The number of nitrogens with two attached hydrogens (primary N) is 1. The molecule has 1 aromatic carbocycles. The van der Waals surface area contributed by atoms with Gasteiger partial charge in [-0.15, -0.1) is 0 Å².